The Labute approximate surface area is 135 Å². The lowest BCUT2D eigenvalue weighted by molar-refractivity contribution is 0.662. The molecule has 0 aliphatic rings. The van der Waals surface area contributed by atoms with Crippen molar-refractivity contribution in [2.75, 3.05) is 0 Å². The highest BCUT2D eigenvalue weighted by Gasteiger charge is 2.07. The summed E-state index contributed by atoms with van der Waals surface area (Å²) in [7, 11) is 0. The first-order valence-electron chi connectivity index (χ1n) is 7.76. The van der Waals surface area contributed by atoms with Crippen molar-refractivity contribution in [2.24, 2.45) is 0 Å². The van der Waals surface area contributed by atoms with Crippen LogP contribution in [-0.2, 0) is 0 Å². The maximum atomic E-state index is 5.90. The van der Waals surface area contributed by atoms with Crippen LogP contribution in [0.25, 0.3) is 55.2 Å². The van der Waals surface area contributed by atoms with Crippen molar-refractivity contribution in [1.82, 2.24) is 9.97 Å². The third-order valence-corrected chi connectivity index (χ3v) is 4.49. The number of fused-ring (bicyclic) bond motifs is 2. The Morgan fingerprint density at radius 3 is 1.38 bits per heavy atom. The zero-order valence-electron chi connectivity index (χ0n) is 12.5. The van der Waals surface area contributed by atoms with E-state index in [0.717, 1.165) is 43.7 Å². The van der Waals surface area contributed by atoms with Crippen molar-refractivity contribution in [2.45, 2.75) is 0 Å². The van der Waals surface area contributed by atoms with Crippen molar-refractivity contribution >= 4 is 55.2 Å². The lowest BCUT2D eigenvalue weighted by Gasteiger charge is -1.93. The van der Waals surface area contributed by atoms with Gasteiger partial charge in [-0.05, 0) is 59.3 Å². The number of hydrogen-bond acceptors (Lipinski definition) is 4. The standard InChI is InChI=1S/C20H10N2O2/c1-2-12-4-3-11(1)19-21-15-9-13(5-7-17(15)23-19)14-6-8-18-16(10-14)22-20(12)24-18/h1-10H. The zero-order chi connectivity index (χ0) is 15.7. The van der Waals surface area contributed by atoms with E-state index in [1.165, 1.54) is 0 Å². The van der Waals surface area contributed by atoms with Gasteiger partial charge < -0.3 is 8.83 Å². The minimum atomic E-state index is 0.621. The van der Waals surface area contributed by atoms with Gasteiger partial charge >= 0.3 is 0 Å². The SMILES string of the molecule is c1cc2oc3nc2cc1c1ccc2oc(nc2c1)c1ccc3cc1. The van der Waals surface area contributed by atoms with Crippen LogP contribution in [0.15, 0.2) is 69.5 Å². The lowest BCUT2D eigenvalue weighted by atomic mass is 10.1. The van der Waals surface area contributed by atoms with Crippen LogP contribution >= 0.6 is 0 Å². The summed E-state index contributed by atoms with van der Waals surface area (Å²) in [5.74, 6) is 0. The molecular weight excluding hydrogens is 300 g/mol. The fraction of sp³-hybridized carbons (Fsp3) is 0. The van der Waals surface area contributed by atoms with E-state index < -0.39 is 0 Å². The molecule has 0 unspecified atom stereocenters. The highest BCUT2D eigenvalue weighted by molar-refractivity contribution is 5.96. The average Bonchev–Trinajstić information content (AvgIpc) is 3.23. The zero-order valence-corrected chi connectivity index (χ0v) is 12.5. The Morgan fingerprint density at radius 1 is 0.500 bits per heavy atom. The van der Waals surface area contributed by atoms with Gasteiger partial charge in [-0.2, -0.15) is 0 Å². The van der Waals surface area contributed by atoms with Gasteiger partial charge in [-0.3, -0.25) is 0 Å². The molecule has 4 heteroatoms. The maximum absolute atomic E-state index is 5.90. The third kappa shape index (κ3) is 1.57. The molecule has 7 rings (SSSR count). The summed E-state index contributed by atoms with van der Waals surface area (Å²) in [6, 6.07) is 20.0. The van der Waals surface area contributed by atoms with Gasteiger partial charge in [0, 0.05) is 10.8 Å². The van der Waals surface area contributed by atoms with E-state index >= 15 is 0 Å². The van der Waals surface area contributed by atoms with Crippen LogP contribution in [-0.4, -0.2) is 9.97 Å². The minimum absolute atomic E-state index is 0.621. The predicted molar refractivity (Wildman–Crippen MR) is 94.1 cm³/mol. The number of hydrogen-bond donors (Lipinski definition) is 0. The van der Waals surface area contributed by atoms with E-state index in [4.69, 9.17) is 8.83 Å². The van der Waals surface area contributed by atoms with Crippen LogP contribution < -0.4 is 0 Å². The topological polar surface area (TPSA) is 52.1 Å². The molecule has 0 radical (unpaired) electrons. The molecular formula is C20H10N2O2. The number of aromatic nitrogens is 2. The Hall–Kier alpha value is -3.40. The first kappa shape index (κ1) is 12.1. The van der Waals surface area contributed by atoms with Crippen molar-refractivity contribution in [3.05, 3.63) is 60.7 Å². The highest BCUT2D eigenvalue weighted by atomic mass is 16.3. The molecule has 0 aliphatic heterocycles. The molecule has 0 fully saturated rings. The summed E-state index contributed by atoms with van der Waals surface area (Å²) in [5.41, 5.74) is 4.52. The smallest absolute Gasteiger partial charge is 0.227 e. The maximum Gasteiger partial charge on any atom is 0.227 e. The Bertz CT molecular complexity index is 1280. The van der Waals surface area contributed by atoms with Crippen molar-refractivity contribution in [3.8, 4) is 0 Å². The summed E-state index contributed by atoms with van der Waals surface area (Å²) in [5, 5.41) is 4.04. The molecule has 0 aliphatic carbocycles. The van der Waals surface area contributed by atoms with Gasteiger partial charge in [0.1, 0.15) is 11.0 Å². The van der Waals surface area contributed by atoms with E-state index in [2.05, 4.69) is 9.97 Å². The predicted octanol–water partition coefficient (Wildman–Crippen LogP) is 5.43. The van der Waals surface area contributed by atoms with Gasteiger partial charge in [0.2, 0.25) is 11.4 Å². The molecule has 0 N–H and O–H groups in total. The first-order chi connectivity index (χ1) is 11.8. The normalized spacial score (nSPS) is 12.2. The van der Waals surface area contributed by atoms with Gasteiger partial charge in [0.25, 0.3) is 0 Å². The van der Waals surface area contributed by atoms with Gasteiger partial charge in [-0.25, -0.2) is 9.97 Å². The minimum Gasteiger partial charge on any atom is -0.436 e. The second-order valence-electron chi connectivity index (χ2n) is 5.98. The molecule has 0 atom stereocenters. The molecule has 0 spiro atoms. The quantitative estimate of drug-likeness (QED) is 0.375. The Morgan fingerprint density at radius 2 is 0.917 bits per heavy atom. The Balaban J connectivity index is 1.96. The highest BCUT2D eigenvalue weighted by Crippen LogP contribution is 2.27. The fourth-order valence-electron chi connectivity index (χ4n) is 3.22. The van der Waals surface area contributed by atoms with Crippen LogP contribution in [0.2, 0.25) is 0 Å². The molecule has 4 nitrogen and oxygen atoms in total. The lowest BCUT2D eigenvalue weighted by Crippen LogP contribution is -1.74. The number of rotatable bonds is 0. The summed E-state index contributed by atoms with van der Waals surface area (Å²) in [6.45, 7) is 0. The first-order valence-corrected chi connectivity index (χ1v) is 7.76. The second-order valence-corrected chi connectivity index (χ2v) is 5.98. The second kappa shape index (κ2) is 4.11. The molecule has 7 aromatic rings. The average molecular weight is 310 g/mol. The summed E-state index contributed by atoms with van der Waals surface area (Å²) in [4.78, 5) is 9.29. The molecule has 0 saturated carbocycles. The molecule has 0 saturated heterocycles. The van der Waals surface area contributed by atoms with Crippen LogP contribution in [0.3, 0.4) is 0 Å². The molecule has 4 heterocycles. The Kier molecular flexibility index (Phi) is 2.07. The molecule has 24 heavy (non-hydrogen) atoms. The van der Waals surface area contributed by atoms with Crippen LogP contribution in [0.1, 0.15) is 0 Å². The van der Waals surface area contributed by atoms with E-state index in [0.29, 0.717) is 11.4 Å². The van der Waals surface area contributed by atoms with Crippen molar-refractivity contribution < 1.29 is 8.83 Å². The van der Waals surface area contributed by atoms with Crippen LogP contribution in [0.5, 0.6) is 0 Å². The van der Waals surface area contributed by atoms with Gasteiger partial charge in [0.05, 0.1) is 0 Å². The fourth-order valence-corrected chi connectivity index (χ4v) is 3.22. The third-order valence-electron chi connectivity index (χ3n) is 4.49. The van der Waals surface area contributed by atoms with E-state index in [-0.39, 0.29) is 0 Å². The van der Waals surface area contributed by atoms with Gasteiger partial charge in [-0.15, -0.1) is 0 Å². The molecule has 112 valence electrons. The molecule has 3 aromatic carbocycles. The van der Waals surface area contributed by atoms with Crippen molar-refractivity contribution in [3.63, 3.8) is 0 Å². The summed E-state index contributed by atoms with van der Waals surface area (Å²) < 4.78 is 11.8. The van der Waals surface area contributed by atoms with Gasteiger partial charge in [-0.1, -0.05) is 12.1 Å². The van der Waals surface area contributed by atoms with Gasteiger partial charge in [0.15, 0.2) is 11.2 Å². The van der Waals surface area contributed by atoms with E-state index in [9.17, 15) is 0 Å². The van der Waals surface area contributed by atoms with E-state index in [1.807, 2.05) is 60.7 Å². The summed E-state index contributed by atoms with van der Waals surface area (Å²) >= 11 is 0. The number of oxazole rings is 2. The number of benzene rings is 3. The van der Waals surface area contributed by atoms with Crippen LogP contribution in [0, 0.1) is 0 Å². The van der Waals surface area contributed by atoms with Crippen LogP contribution in [0.4, 0.5) is 0 Å². The van der Waals surface area contributed by atoms with Crippen molar-refractivity contribution in [1.29, 1.82) is 0 Å². The summed E-state index contributed by atoms with van der Waals surface area (Å²) in [6.07, 6.45) is 0. The molecule has 0 amide bonds. The molecule has 8 bridgehead atoms. The number of nitrogens with zero attached hydrogens (tertiary/aromatic N) is 2. The van der Waals surface area contributed by atoms with E-state index in [1.54, 1.807) is 0 Å². The molecule has 4 aromatic heterocycles. The monoisotopic (exact) mass is 310 g/mol. The largest absolute Gasteiger partial charge is 0.436 e.